The number of aryl methyl sites for hydroxylation is 1. The molecule has 84 valence electrons. The number of hydrogen-bond acceptors (Lipinski definition) is 2. The Morgan fingerprint density at radius 2 is 2.06 bits per heavy atom. The van der Waals surface area contributed by atoms with E-state index in [1.165, 1.54) is 12.5 Å². The van der Waals surface area contributed by atoms with E-state index in [0.29, 0.717) is 6.42 Å². The van der Waals surface area contributed by atoms with Gasteiger partial charge in [-0.15, -0.1) is 0 Å². The molecule has 0 fully saturated rings. The molecule has 1 N–H and O–H groups in total. The summed E-state index contributed by atoms with van der Waals surface area (Å²) in [6.07, 6.45) is 1.40. The number of carbonyl (C=O) groups is 1. The van der Waals surface area contributed by atoms with Gasteiger partial charge in [-0.3, -0.25) is 4.79 Å². The van der Waals surface area contributed by atoms with Gasteiger partial charge in [-0.2, -0.15) is 5.26 Å². The monoisotopic (exact) mass is 216 g/mol. The lowest BCUT2D eigenvalue weighted by atomic mass is 9.94. The smallest absolute Gasteiger partial charge is 0.218 e. The predicted octanol–water partition coefficient (Wildman–Crippen LogP) is 2.04. The zero-order valence-corrected chi connectivity index (χ0v) is 9.66. The molecule has 1 atom stereocenters. The summed E-state index contributed by atoms with van der Waals surface area (Å²) in [5, 5.41) is 11.7. The Balaban J connectivity index is 2.59. The lowest BCUT2D eigenvalue weighted by Crippen LogP contribution is -2.44. The molecule has 3 heteroatoms. The Bertz CT molecular complexity index is 394. The summed E-state index contributed by atoms with van der Waals surface area (Å²) in [6.45, 7) is 3.18. The summed E-state index contributed by atoms with van der Waals surface area (Å²) < 4.78 is 0. The largest absolute Gasteiger partial charge is 0.338 e. The van der Waals surface area contributed by atoms with Crippen LogP contribution in [0.25, 0.3) is 0 Å². The van der Waals surface area contributed by atoms with Crippen LogP contribution >= 0.6 is 0 Å². The van der Waals surface area contributed by atoms with Crippen molar-refractivity contribution in [2.45, 2.75) is 32.2 Å². The van der Waals surface area contributed by atoms with E-state index >= 15 is 0 Å². The summed E-state index contributed by atoms with van der Waals surface area (Å²) in [7, 11) is 0. The first kappa shape index (κ1) is 12.3. The first-order valence-corrected chi connectivity index (χ1v) is 5.30. The van der Waals surface area contributed by atoms with E-state index in [0.717, 1.165) is 6.42 Å². The number of nitrogens with zero attached hydrogens (tertiary/aromatic N) is 1. The number of rotatable bonds is 4. The highest BCUT2D eigenvalue weighted by molar-refractivity contribution is 5.74. The van der Waals surface area contributed by atoms with Gasteiger partial charge in [0.1, 0.15) is 5.54 Å². The van der Waals surface area contributed by atoms with E-state index in [1.54, 1.807) is 6.92 Å². The fourth-order valence-corrected chi connectivity index (χ4v) is 1.57. The molecular weight excluding hydrogens is 200 g/mol. The Morgan fingerprint density at radius 3 is 2.56 bits per heavy atom. The average Bonchev–Trinajstić information content (AvgIpc) is 2.27. The lowest BCUT2D eigenvalue weighted by molar-refractivity contribution is -0.120. The lowest BCUT2D eigenvalue weighted by Gasteiger charge is -2.22. The second-order valence-electron chi connectivity index (χ2n) is 4.11. The van der Waals surface area contributed by atoms with Crippen molar-refractivity contribution >= 4 is 5.91 Å². The Hall–Kier alpha value is -1.82. The quantitative estimate of drug-likeness (QED) is 0.837. The van der Waals surface area contributed by atoms with Crippen LogP contribution in [0.4, 0.5) is 0 Å². The Labute approximate surface area is 96.1 Å². The Kier molecular flexibility index (Phi) is 4.07. The minimum absolute atomic E-state index is 0.169. The van der Waals surface area contributed by atoms with E-state index < -0.39 is 5.54 Å². The summed E-state index contributed by atoms with van der Waals surface area (Å²) >= 11 is 0. The molecule has 1 amide bonds. The van der Waals surface area contributed by atoms with Crippen molar-refractivity contribution in [1.29, 1.82) is 5.26 Å². The molecule has 16 heavy (non-hydrogen) atoms. The fraction of sp³-hybridized carbons (Fsp3) is 0.385. The summed E-state index contributed by atoms with van der Waals surface area (Å²) in [4.78, 5) is 11.0. The average molecular weight is 216 g/mol. The van der Waals surface area contributed by atoms with Gasteiger partial charge in [0, 0.05) is 6.92 Å². The zero-order valence-electron chi connectivity index (χ0n) is 9.66. The van der Waals surface area contributed by atoms with Crippen LogP contribution in [0.15, 0.2) is 30.3 Å². The van der Waals surface area contributed by atoms with Crippen LogP contribution in [0.5, 0.6) is 0 Å². The van der Waals surface area contributed by atoms with E-state index in [-0.39, 0.29) is 5.91 Å². The maximum absolute atomic E-state index is 11.0. The summed E-state index contributed by atoms with van der Waals surface area (Å²) in [5.41, 5.74) is 0.399. The van der Waals surface area contributed by atoms with Crippen molar-refractivity contribution in [3.63, 3.8) is 0 Å². The van der Waals surface area contributed by atoms with E-state index in [9.17, 15) is 4.79 Å². The number of benzene rings is 1. The van der Waals surface area contributed by atoms with Crippen molar-refractivity contribution in [2.24, 2.45) is 0 Å². The Morgan fingerprint density at radius 1 is 1.44 bits per heavy atom. The highest BCUT2D eigenvalue weighted by Gasteiger charge is 2.24. The van der Waals surface area contributed by atoms with Crippen LogP contribution in [0.3, 0.4) is 0 Å². The van der Waals surface area contributed by atoms with Crippen LogP contribution in [-0.2, 0) is 11.2 Å². The van der Waals surface area contributed by atoms with Gasteiger partial charge in [-0.05, 0) is 25.3 Å². The van der Waals surface area contributed by atoms with Gasteiger partial charge in [0.15, 0.2) is 0 Å². The summed E-state index contributed by atoms with van der Waals surface area (Å²) in [6, 6.07) is 12.1. The fourth-order valence-electron chi connectivity index (χ4n) is 1.57. The van der Waals surface area contributed by atoms with Crippen LogP contribution in [0.1, 0.15) is 25.8 Å². The third-order valence-corrected chi connectivity index (χ3v) is 2.46. The second kappa shape index (κ2) is 5.32. The molecule has 0 radical (unpaired) electrons. The highest BCUT2D eigenvalue weighted by Crippen LogP contribution is 2.13. The van der Waals surface area contributed by atoms with Gasteiger partial charge < -0.3 is 5.32 Å². The van der Waals surface area contributed by atoms with Crippen molar-refractivity contribution in [3.05, 3.63) is 35.9 Å². The molecule has 1 rings (SSSR count). The standard InChI is InChI=1S/C13H16N2O/c1-11(16)15-13(2,10-14)9-8-12-6-4-3-5-7-12/h3-7H,8-9H2,1-2H3,(H,15,16). The van der Waals surface area contributed by atoms with Gasteiger partial charge in [0.25, 0.3) is 0 Å². The normalized spacial score (nSPS) is 13.6. The van der Waals surface area contributed by atoms with Gasteiger partial charge in [0.05, 0.1) is 6.07 Å². The van der Waals surface area contributed by atoms with E-state index in [2.05, 4.69) is 11.4 Å². The van der Waals surface area contributed by atoms with E-state index in [4.69, 9.17) is 5.26 Å². The topological polar surface area (TPSA) is 52.9 Å². The number of carbonyl (C=O) groups excluding carboxylic acids is 1. The van der Waals surface area contributed by atoms with Gasteiger partial charge in [0.2, 0.25) is 5.91 Å². The van der Waals surface area contributed by atoms with Crippen molar-refractivity contribution in [1.82, 2.24) is 5.32 Å². The minimum atomic E-state index is -0.776. The molecule has 0 aliphatic carbocycles. The number of hydrogen-bond donors (Lipinski definition) is 1. The molecule has 0 bridgehead atoms. The third kappa shape index (κ3) is 3.74. The molecule has 1 unspecified atom stereocenters. The van der Waals surface area contributed by atoms with Crippen molar-refractivity contribution in [2.75, 3.05) is 0 Å². The SMILES string of the molecule is CC(=O)NC(C)(C#N)CCc1ccccc1. The minimum Gasteiger partial charge on any atom is -0.338 e. The highest BCUT2D eigenvalue weighted by atomic mass is 16.1. The second-order valence-corrected chi connectivity index (χ2v) is 4.11. The molecule has 0 aliphatic rings. The summed E-state index contributed by atoms with van der Waals surface area (Å²) in [5.74, 6) is -0.169. The van der Waals surface area contributed by atoms with Crippen molar-refractivity contribution < 1.29 is 4.79 Å². The number of nitriles is 1. The first-order chi connectivity index (χ1) is 7.56. The number of amides is 1. The molecule has 0 heterocycles. The van der Waals surface area contributed by atoms with Gasteiger partial charge in [-0.25, -0.2) is 0 Å². The molecule has 0 aromatic heterocycles. The molecule has 0 spiro atoms. The van der Waals surface area contributed by atoms with E-state index in [1.807, 2.05) is 30.3 Å². The molecule has 1 aromatic rings. The van der Waals surface area contributed by atoms with Crippen LogP contribution in [0, 0.1) is 11.3 Å². The molecule has 3 nitrogen and oxygen atoms in total. The molecule has 0 saturated heterocycles. The first-order valence-electron chi connectivity index (χ1n) is 5.30. The van der Waals surface area contributed by atoms with Gasteiger partial charge in [-0.1, -0.05) is 30.3 Å². The van der Waals surface area contributed by atoms with Crippen LogP contribution in [-0.4, -0.2) is 11.4 Å². The molecule has 1 aromatic carbocycles. The molecule has 0 aliphatic heterocycles. The molecular formula is C13H16N2O. The van der Waals surface area contributed by atoms with Crippen LogP contribution < -0.4 is 5.32 Å². The third-order valence-electron chi connectivity index (χ3n) is 2.46. The maximum Gasteiger partial charge on any atom is 0.218 e. The van der Waals surface area contributed by atoms with Gasteiger partial charge >= 0.3 is 0 Å². The van der Waals surface area contributed by atoms with Crippen molar-refractivity contribution in [3.8, 4) is 6.07 Å². The number of nitrogens with one attached hydrogen (secondary N) is 1. The van der Waals surface area contributed by atoms with Crippen LogP contribution in [0.2, 0.25) is 0 Å². The molecule has 0 saturated carbocycles. The predicted molar refractivity (Wildman–Crippen MR) is 62.6 cm³/mol. The maximum atomic E-state index is 11.0. The zero-order chi connectivity index (χ0) is 12.0.